The van der Waals surface area contributed by atoms with E-state index in [0.29, 0.717) is 0 Å². The van der Waals surface area contributed by atoms with Crippen LogP contribution in [0.25, 0.3) is 0 Å². The number of rotatable bonds is 5. The smallest absolute Gasteiger partial charge is 0.333 e. The van der Waals surface area contributed by atoms with Gasteiger partial charge in [0.15, 0.2) is 0 Å². The first-order valence-corrected chi connectivity index (χ1v) is 4.82. The van der Waals surface area contributed by atoms with Gasteiger partial charge in [0.2, 0.25) is 5.91 Å². The van der Waals surface area contributed by atoms with Crippen LogP contribution in [0.1, 0.15) is 20.3 Å². The normalized spacial score (nSPS) is 9.38. The van der Waals surface area contributed by atoms with Gasteiger partial charge in [-0.25, -0.2) is 9.59 Å². The average molecular weight is 228 g/mol. The maximum atomic E-state index is 11.4. The van der Waals surface area contributed by atoms with Gasteiger partial charge in [-0.15, -0.1) is 0 Å². The van der Waals surface area contributed by atoms with E-state index in [9.17, 15) is 14.4 Å². The van der Waals surface area contributed by atoms with Crippen LogP contribution >= 0.6 is 0 Å². The van der Waals surface area contributed by atoms with Gasteiger partial charge in [-0.1, -0.05) is 6.58 Å². The monoisotopic (exact) mass is 228 g/mol. The van der Waals surface area contributed by atoms with Gasteiger partial charge in [0, 0.05) is 12.1 Å². The molecule has 0 unspecified atom stereocenters. The van der Waals surface area contributed by atoms with Gasteiger partial charge in [-0.2, -0.15) is 0 Å². The Labute approximate surface area is 94.0 Å². The number of imide groups is 1. The summed E-state index contributed by atoms with van der Waals surface area (Å²) in [5, 5.41) is 0. The highest BCUT2D eigenvalue weighted by atomic mass is 16.5. The first-order chi connectivity index (χ1) is 7.40. The van der Waals surface area contributed by atoms with Crippen molar-refractivity contribution in [2.24, 2.45) is 5.73 Å². The van der Waals surface area contributed by atoms with Crippen LogP contribution in [0.5, 0.6) is 0 Å². The Morgan fingerprint density at radius 3 is 2.31 bits per heavy atom. The Morgan fingerprint density at radius 1 is 1.38 bits per heavy atom. The predicted octanol–water partition coefficient (Wildman–Crippen LogP) is 0.423. The molecule has 0 atom stereocenters. The topological polar surface area (TPSA) is 89.7 Å². The van der Waals surface area contributed by atoms with E-state index in [2.05, 4.69) is 6.58 Å². The summed E-state index contributed by atoms with van der Waals surface area (Å²) >= 11 is 0. The minimum atomic E-state index is -0.807. The fraction of sp³-hybridized carbons (Fsp3) is 0.500. The first kappa shape index (κ1) is 14.2. The fourth-order valence-electron chi connectivity index (χ4n) is 0.944. The molecule has 0 radical (unpaired) electrons. The third kappa shape index (κ3) is 4.59. The molecule has 0 aliphatic heterocycles. The Hall–Kier alpha value is -1.85. The van der Waals surface area contributed by atoms with Crippen molar-refractivity contribution >= 4 is 17.9 Å². The lowest BCUT2D eigenvalue weighted by Crippen LogP contribution is -2.40. The maximum Gasteiger partial charge on any atom is 0.333 e. The molecular formula is C10H16N2O4. The van der Waals surface area contributed by atoms with Gasteiger partial charge in [0.1, 0.15) is 6.61 Å². The summed E-state index contributed by atoms with van der Waals surface area (Å²) in [7, 11) is 0. The number of primary amides is 1. The molecule has 0 saturated carbocycles. The number of urea groups is 1. The summed E-state index contributed by atoms with van der Waals surface area (Å²) in [5.74, 6) is -1.03. The van der Waals surface area contributed by atoms with Crippen LogP contribution < -0.4 is 5.73 Å². The van der Waals surface area contributed by atoms with Crippen molar-refractivity contribution in [3.63, 3.8) is 0 Å². The summed E-state index contributed by atoms with van der Waals surface area (Å²) in [6.07, 6.45) is -0.0736. The van der Waals surface area contributed by atoms with Gasteiger partial charge in [0.25, 0.3) is 0 Å². The number of carbonyl (C=O) groups is 3. The zero-order valence-electron chi connectivity index (χ0n) is 9.49. The molecule has 0 aromatic rings. The molecule has 0 spiro atoms. The number of hydrogen-bond acceptors (Lipinski definition) is 4. The molecule has 0 fully saturated rings. The van der Waals surface area contributed by atoms with Crippen molar-refractivity contribution < 1.29 is 19.1 Å². The summed E-state index contributed by atoms with van der Waals surface area (Å²) in [6, 6.07) is -0.807. The van der Waals surface area contributed by atoms with Crippen molar-refractivity contribution in [3.8, 4) is 0 Å². The number of ether oxygens (including phenoxy) is 1. The molecule has 6 heteroatoms. The third-order valence-corrected chi connectivity index (χ3v) is 1.78. The van der Waals surface area contributed by atoms with Crippen LogP contribution in [0.15, 0.2) is 12.2 Å². The second-order valence-corrected chi connectivity index (χ2v) is 3.14. The fourth-order valence-corrected chi connectivity index (χ4v) is 0.944. The molecule has 0 rings (SSSR count). The lowest BCUT2D eigenvalue weighted by molar-refractivity contribution is -0.140. The largest absolute Gasteiger partial charge is 0.462 e. The number of carbonyl (C=O) groups excluding carboxylic acids is 3. The minimum Gasteiger partial charge on any atom is -0.462 e. The molecule has 0 bridgehead atoms. The molecule has 3 amide bonds. The third-order valence-electron chi connectivity index (χ3n) is 1.78. The number of nitrogens with two attached hydrogens (primary N) is 1. The van der Waals surface area contributed by atoms with Gasteiger partial charge < -0.3 is 10.5 Å². The molecule has 0 aliphatic carbocycles. The molecule has 2 N–H and O–H groups in total. The lowest BCUT2D eigenvalue weighted by Gasteiger charge is -2.15. The van der Waals surface area contributed by atoms with E-state index in [1.165, 1.54) is 6.92 Å². The van der Waals surface area contributed by atoms with E-state index in [-0.39, 0.29) is 25.1 Å². The summed E-state index contributed by atoms with van der Waals surface area (Å²) in [5.41, 5.74) is 5.23. The Balaban J connectivity index is 4.03. The van der Waals surface area contributed by atoms with Crippen LogP contribution in [0.4, 0.5) is 4.79 Å². The Kier molecular flexibility index (Phi) is 5.84. The zero-order valence-corrected chi connectivity index (χ0v) is 9.49. The van der Waals surface area contributed by atoms with E-state index < -0.39 is 17.9 Å². The van der Waals surface area contributed by atoms with Crippen LogP contribution in [-0.2, 0) is 14.3 Å². The number of amides is 3. The van der Waals surface area contributed by atoms with Crippen LogP contribution in [0.2, 0.25) is 0 Å². The molecule has 90 valence electrons. The predicted molar refractivity (Wildman–Crippen MR) is 57.4 cm³/mol. The molecule has 6 nitrogen and oxygen atoms in total. The average Bonchev–Trinajstić information content (AvgIpc) is 2.17. The van der Waals surface area contributed by atoms with Crippen molar-refractivity contribution in [2.45, 2.75) is 20.3 Å². The van der Waals surface area contributed by atoms with Crippen molar-refractivity contribution in [1.82, 2.24) is 4.90 Å². The number of esters is 1. The van der Waals surface area contributed by atoms with Crippen LogP contribution in [-0.4, -0.2) is 36.0 Å². The van der Waals surface area contributed by atoms with Crippen LogP contribution in [0.3, 0.4) is 0 Å². The summed E-state index contributed by atoms with van der Waals surface area (Å²) in [4.78, 5) is 34.0. The minimum absolute atomic E-state index is 0.0736. The van der Waals surface area contributed by atoms with E-state index in [1.807, 2.05) is 0 Å². The number of nitrogens with zero attached hydrogens (tertiary/aromatic N) is 1. The second kappa shape index (κ2) is 6.60. The van der Waals surface area contributed by atoms with E-state index in [1.54, 1.807) is 6.92 Å². The number of hydrogen-bond donors (Lipinski definition) is 1. The van der Waals surface area contributed by atoms with E-state index >= 15 is 0 Å². The standard InChI is InChI=1S/C10H16N2O4/c1-4-12(10(11)15)8(13)5-6-16-9(14)7(2)3/h2,4-6H2,1,3H3,(H2,11,15). The Bertz CT molecular complexity index is 312. The Morgan fingerprint density at radius 2 is 1.94 bits per heavy atom. The van der Waals surface area contributed by atoms with Crippen LogP contribution in [0, 0.1) is 0 Å². The SMILES string of the molecule is C=C(C)C(=O)OCCC(=O)N(CC)C(N)=O. The maximum absolute atomic E-state index is 11.4. The highest BCUT2D eigenvalue weighted by molar-refractivity contribution is 5.93. The van der Waals surface area contributed by atoms with E-state index in [0.717, 1.165) is 4.90 Å². The van der Waals surface area contributed by atoms with Crippen molar-refractivity contribution in [1.29, 1.82) is 0 Å². The molecule has 0 heterocycles. The molecule has 0 aromatic heterocycles. The van der Waals surface area contributed by atoms with Crippen molar-refractivity contribution in [2.75, 3.05) is 13.2 Å². The van der Waals surface area contributed by atoms with Gasteiger partial charge >= 0.3 is 12.0 Å². The molecule has 0 saturated heterocycles. The molecular weight excluding hydrogens is 212 g/mol. The first-order valence-electron chi connectivity index (χ1n) is 4.82. The molecule has 0 aromatic carbocycles. The van der Waals surface area contributed by atoms with Crippen molar-refractivity contribution in [3.05, 3.63) is 12.2 Å². The highest BCUT2D eigenvalue weighted by Gasteiger charge is 2.16. The summed E-state index contributed by atoms with van der Waals surface area (Å²) in [6.45, 7) is 6.63. The van der Waals surface area contributed by atoms with Gasteiger partial charge in [-0.3, -0.25) is 9.69 Å². The highest BCUT2D eigenvalue weighted by Crippen LogP contribution is 1.97. The molecule has 0 aliphatic rings. The molecule has 16 heavy (non-hydrogen) atoms. The lowest BCUT2D eigenvalue weighted by atomic mass is 10.3. The quantitative estimate of drug-likeness (QED) is 0.545. The second-order valence-electron chi connectivity index (χ2n) is 3.14. The van der Waals surface area contributed by atoms with Gasteiger partial charge in [-0.05, 0) is 13.8 Å². The van der Waals surface area contributed by atoms with Gasteiger partial charge in [0.05, 0.1) is 6.42 Å². The zero-order chi connectivity index (χ0) is 12.7. The van der Waals surface area contributed by atoms with E-state index in [4.69, 9.17) is 10.5 Å². The summed E-state index contributed by atoms with van der Waals surface area (Å²) < 4.78 is 4.71.